The number of hydrogen-bond acceptors (Lipinski definition) is 4. The van der Waals surface area contributed by atoms with Crippen LogP contribution in [-0.4, -0.2) is 54.7 Å². The summed E-state index contributed by atoms with van der Waals surface area (Å²) in [6.45, 7) is 8.21. The summed E-state index contributed by atoms with van der Waals surface area (Å²) in [7, 11) is 0. The molecule has 2 rings (SSSR count). The lowest BCUT2D eigenvalue weighted by Crippen LogP contribution is -2.44. The molecule has 2 saturated heterocycles. The Morgan fingerprint density at radius 2 is 2.06 bits per heavy atom. The third-order valence-corrected chi connectivity index (χ3v) is 3.94. The van der Waals surface area contributed by atoms with Crippen molar-refractivity contribution in [3.63, 3.8) is 0 Å². The number of hydrogen-bond donors (Lipinski definition) is 1. The van der Waals surface area contributed by atoms with Gasteiger partial charge in [0.2, 0.25) is 0 Å². The molecule has 0 saturated carbocycles. The number of ether oxygens (including phenoxy) is 2. The molecule has 2 heterocycles. The summed E-state index contributed by atoms with van der Waals surface area (Å²) in [5, 5.41) is 9.06. The number of aliphatic hydroxyl groups excluding tert-OH is 1. The van der Waals surface area contributed by atoms with Crippen LogP contribution in [0.25, 0.3) is 0 Å². The van der Waals surface area contributed by atoms with Crippen molar-refractivity contribution in [2.24, 2.45) is 5.92 Å². The minimum Gasteiger partial charge on any atom is -0.394 e. The Hall–Kier alpha value is -0.160. The molecule has 0 spiro atoms. The van der Waals surface area contributed by atoms with Crippen molar-refractivity contribution >= 4 is 0 Å². The van der Waals surface area contributed by atoms with Crippen LogP contribution < -0.4 is 0 Å². The van der Waals surface area contributed by atoms with E-state index >= 15 is 0 Å². The second-order valence-electron chi connectivity index (χ2n) is 4.96. The Morgan fingerprint density at radius 3 is 2.56 bits per heavy atom. The van der Waals surface area contributed by atoms with Crippen LogP contribution in [0.3, 0.4) is 0 Å². The molecule has 2 aliphatic heterocycles. The first-order chi connectivity index (χ1) is 7.68. The highest BCUT2D eigenvalue weighted by molar-refractivity contribution is 4.85. The molecule has 0 aromatic carbocycles. The summed E-state index contributed by atoms with van der Waals surface area (Å²) >= 11 is 0. The van der Waals surface area contributed by atoms with Crippen LogP contribution in [0.4, 0.5) is 0 Å². The van der Waals surface area contributed by atoms with Crippen LogP contribution in [-0.2, 0) is 9.47 Å². The van der Waals surface area contributed by atoms with Crippen molar-refractivity contribution in [1.29, 1.82) is 0 Å². The Labute approximate surface area is 97.5 Å². The van der Waals surface area contributed by atoms with Crippen LogP contribution in [0.2, 0.25) is 0 Å². The summed E-state index contributed by atoms with van der Waals surface area (Å²) in [6, 6.07) is 0. The van der Waals surface area contributed by atoms with E-state index in [1.807, 2.05) is 6.92 Å². The average Bonchev–Trinajstić information content (AvgIpc) is 2.73. The highest BCUT2D eigenvalue weighted by Gasteiger charge is 2.44. The van der Waals surface area contributed by atoms with Gasteiger partial charge in [-0.05, 0) is 39.4 Å². The maximum absolute atomic E-state index is 9.06. The normalized spacial score (nSPS) is 38.1. The van der Waals surface area contributed by atoms with Crippen molar-refractivity contribution in [3.8, 4) is 0 Å². The molecule has 0 aliphatic carbocycles. The molecule has 0 amide bonds. The fourth-order valence-electron chi connectivity index (χ4n) is 2.74. The minimum absolute atomic E-state index is 0.0589. The molecule has 0 bridgehead atoms. The number of piperidine rings is 1. The van der Waals surface area contributed by atoms with Crippen LogP contribution in [0, 0.1) is 5.92 Å². The Bertz CT molecular complexity index is 228. The van der Waals surface area contributed by atoms with Crippen molar-refractivity contribution in [1.82, 2.24) is 4.90 Å². The molecular formula is C12H23NO3. The highest BCUT2D eigenvalue weighted by atomic mass is 16.7. The minimum atomic E-state index is -0.465. The maximum atomic E-state index is 9.06. The van der Waals surface area contributed by atoms with Gasteiger partial charge >= 0.3 is 0 Å². The van der Waals surface area contributed by atoms with E-state index in [2.05, 4.69) is 11.8 Å². The molecule has 4 nitrogen and oxygen atoms in total. The smallest absolute Gasteiger partial charge is 0.169 e. The number of rotatable bonds is 3. The Morgan fingerprint density at radius 1 is 1.38 bits per heavy atom. The van der Waals surface area contributed by atoms with Gasteiger partial charge in [-0.1, -0.05) is 6.92 Å². The van der Waals surface area contributed by atoms with Gasteiger partial charge in [0.1, 0.15) is 6.10 Å². The first kappa shape index (κ1) is 12.3. The number of aliphatic hydroxyl groups is 1. The molecular weight excluding hydrogens is 206 g/mol. The zero-order valence-electron chi connectivity index (χ0n) is 10.3. The van der Waals surface area contributed by atoms with Crippen LogP contribution in [0.5, 0.6) is 0 Å². The van der Waals surface area contributed by atoms with Crippen LogP contribution >= 0.6 is 0 Å². The van der Waals surface area contributed by atoms with Gasteiger partial charge in [-0.2, -0.15) is 0 Å². The van der Waals surface area contributed by atoms with Crippen molar-refractivity contribution in [3.05, 3.63) is 0 Å². The highest BCUT2D eigenvalue weighted by Crippen LogP contribution is 2.36. The lowest BCUT2D eigenvalue weighted by atomic mass is 9.89. The van der Waals surface area contributed by atoms with E-state index in [0.29, 0.717) is 12.5 Å². The largest absolute Gasteiger partial charge is 0.394 e. The summed E-state index contributed by atoms with van der Waals surface area (Å²) in [6.07, 6.45) is 2.12. The SMILES string of the molecule is CCN1CCC(C2(C)OCC(CO)O2)CC1. The van der Waals surface area contributed by atoms with Gasteiger partial charge in [0.15, 0.2) is 5.79 Å². The summed E-state index contributed by atoms with van der Waals surface area (Å²) in [5.41, 5.74) is 0. The maximum Gasteiger partial charge on any atom is 0.169 e. The first-order valence-electron chi connectivity index (χ1n) is 6.33. The predicted molar refractivity (Wildman–Crippen MR) is 61.2 cm³/mol. The van der Waals surface area contributed by atoms with Crippen molar-refractivity contribution in [2.45, 2.75) is 38.6 Å². The lowest BCUT2D eigenvalue weighted by Gasteiger charge is -2.38. The fraction of sp³-hybridized carbons (Fsp3) is 1.00. The monoisotopic (exact) mass is 229 g/mol. The first-order valence-corrected chi connectivity index (χ1v) is 6.33. The molecule has 16 heavy (non-hydrogen) atoms. The van der Waals surface area contributed by atoms with Gasteiger partial charge in [-0.25, -0.2) is 0 Å². The van der Waals surface area contributed by atoms with Crippen molar-refractivity contribution < 1.29 is 14.6 Å². The molecule has 0 aromatic heterocycles. The lowest BCUT2D eigenvalue weighted by molar-refractivity contribution is -0.202. The van der Waals surface area contributed by atoms with Gasteiger partial charge in [0, 0.05) is 5.92 Å². The second kappa shape index (κ2) is 5.00. The quantitative estimate of drug-likeness (QED) is 0.779. The molecule has 94 valence electrons. The van der Waals surface area contributed by atoms with Gasteiger partial charge in [-0.3, -0.25) is 0 Å². The third kappa shape index (κ3) is 2.40. The summed E-state index contributed by atoms with van der Waals surface area (Å²) < 4.78 is 11.6. The third-order valence-electron chi connectivity index (χ3n) is 3.94. The van der Waals surface area contributed by atoms with E-state index in [0.717, 1.165) is 32.5 Å². The number of nitrogens with zero attached hydrogens (tertiary/aromatic N) is 1. The molecule has 2 atom stereocenters. The molecule has 1 N–H and O–H groups in total. The van der Waals surface area contributed by atoms with E-state index in [9.17, 15) is 0 Å². The second-order valence-corrected chi connectivity index (χ2v) is 4.96. The van der Waals surface area contributed by atoms with Gasteiger partial charge in [0.05, 0.1) is 13.2 Å². The Balaban J connectivity index is 1.88. The Kier molecular flexibility index (Phi) is 3.85. The summed E-state index contributed by atoms with van der Waals surface area (Å²) in [4.78, 5) is 2.46. The topological polar surface area (TPSA) is 41.9 Å². The van der Waals surface area contributed by atoms with E-state index in [1.54, 1.807) is 0 Å². The molecule has 0 radical (unpaired) electrons. The average molecular weight is 229 g/mol. The number of likely N-dealkylation sites (tertiary alicyclic amines) is 1. The van der Waals surface area contributed by atoms with E-state index in [1.165, 1.54) is 0 Å². The zero-order chi connectivity index (χ0) is 11.6. The van der Waals surface area contributed by atoms with E-state index in [-0.39, 0.29) is 12.7 Å². The predicted octanol–water partition coefficient (Wildman–Crippen LogP) is 0.842. The van der Waals surface area contributed by atoms with Crippen LogP contribution in [0.15, 0.2) is 0 Å². The molecule has 4 heteroatoms. The molecule has 2 fully saturated rings. The van der Waals surface area contributed by atoms with Crippen molar-refractivity contribution in [2.75, 3.05) is 32.8 Å². The molecule has 2 unspecified atom stereocenters. The van der Waals surface area contributed by atoms with Crippen LogP contribution in [0.1, 0.15) is 26.7 Å². The molecule has 2 aliphatic rings. The fourth-order valence-corrected chi connectivity index (χ4v) is 2.74. The van der Waals surface area contributed by atoms with Gasteiger partial charge in [-0.15, -0.1) is 0 Å². The molecule has 0 aromatic rings. The summed E-state index contributed by atoms with van der Waals surface area (Å²) in [5.74, 6) is -0.000376. The zero-order valence-corrected chi connectivity index (χ0v) is 10.3. The van der Waals surface area contributed by atoms with Gasteiger partial charge in [0.25, 0.3) is 0 Å². The van der Waals surface area contributed by atoms with Gasteiger partial charge < -0.3 is 19.5 Å². The van der Waals surface area contributed by atoms with E-state index in [4.69, 9.17) is 14.6 Å². The van der Waals surface area contributed by atoms with E-state index < -0.39 is 5.79 Å². The standard InChI is InChI=1S/C12H23NO3/c1-3-13-6-4-10(5-7-13)12(2)15-9-11(8-14)16-12/h10-11,14H,3-9H2,1-2H3.